The van der Waals surface area contributed by atoms with Crippen LogP contribution < -0.4 is 4.74 Å². The lowest BCUT2D eigenvalue weighted by atomic mass is 10.1. The van der Waals surface area contributed by atoms with Crippen LogP contribution in [0.2, 0.25) is 0 Å². The number of hydrogen-bond donors (Lipinski definition) is 0. The van der Waals surface area contributed by atoms with Gasteiger partial charge in [-0.05, 0) is 24.8 Å². The molecule has 0 bridgehead atoms. The van der Waals surface area contributed by atoms with Crippen LogP contribution in [-0.2, 0) is 0 Å². The summed E-state index contributed by atoms with van der Waals surface area (Å²) in [6.45, 7) is 0. The molecule has 1 aliphatic carbocycles. The van der Waals surface area contributed by atoms with Gasteiger partial charge >= 0.3 is 0 Å². The van der Waals surface area contributed by atoms with E-state index in [2.05, 4.69) is 6.08 Å². The highest BCUT2D eigenvalue weighted by atomic mass is 32.1. The van der Waals surface area contributed by atoms with Crippen molar-refractivity contribution in [1.29, 1.82) is 0 Å². The predicted octanol–water partition coefficient (Wildman–Crippen LogP) is 3.05. The zero-order valence-electron chi connectivity index (χ0n) is 8.08. The van der Waals surface area contributed by atoms with E-state index in [9.17, 15) is 4.79 Å². The molecule has 2 nitrogen and oxygen atoms in total. The first-order chi connectivity index (χ1) is 6.81. The molecule has 0 spiro atoms. The Hall–Kier alpha value is -1.09. The number of carbonyl (C=O) groups excluding carboxylic acids is 1. The van der Waals surface area contributed by atoms with E-state index < -0.39 is 0 Å². The molecule has 74 valence electrons. The summed E-state index contributed by atoms with van der Waals surface area (Å²) in [4.78, 5) is 12.6. The van der Waals surface area contributed by atoms with Gasteiger partial charge in [-0.25, -0.2) is 0 Å². The summed E-state index contributed by atoms with van der Waals surface area (Å²) in [6.07, 6.45) is 5.14. The highest BCUT2D eigenvalue weighted by Gasteiger charge is 2.17. The number of rotatable bonds is 3. The van der Waals surface area contributed by atoms with Gasteiger partial charge in [-0.1, -0.05) is 6.08 Å². The number of thiophene rings is 1. The summed E-state index contributed by atoms with van der Waals surface area (Å²) >= 11 is 1.45. The second-order valence-electron chi connectivity index (χ2n) is 3.30. The molecule has 1 aromatic rings. The smallest absolute Gasteiger partial charge is 0.198 e. The summed E-state index contributed by atoms with van der Waals surface area (Å²) in [5.41, 5.74) is 0.967. The molecule has 1 aliphatic rings. The molecule has 0 aliphatic heterocycles. The molecule has 0 radical (unpaired) electrons. The molecule has 2 rings (SSSR count). The maximum Gasteiger partial charge on any atom is 0.198 e. The van der Waals surface area contributed by atoms with Crippen LogP contribution in [0.15, 0.2) is 23.1 Å². The third-order valence-corrected chi connectivity index (χ3v) is 3.27. The van der Waals surface area contributed by atoms with E-state index in [1.54, 1.807) is 7.11 Å². The number of hydrogen-bond acceptors (Lipinski definition) is 3. The van der Waals surface area contributed by atoms with E-state index in [1.807, 2.05) is 11.4 Å². The second-order valence-corrected chi connectivity index (χ2v) is 4.21. The number of allylic oxidation sites excluding steroid dienone is 2. The van der Waals surface area contributed by atoms with Crippen LogP contribution >= 0.6 is 11.3 Å². The topological polar surface area (TPSA) is 26.3 Å². The van der Waals surface area contributed by atoms with Gasteiger partial charge in [0.2, 0.25) is 0 Å². The van der Waals surface area contributed by atoms with Crippen molar-refractivity contribution < 1.29 is 9.53 Å². The summed E-state index contributed by atoms with van der Waals surface area (Å²) in [6, 6.07) is 1.81. The Morgan fingerprint density at radius 2 is 2.43 bits per heavy atom. The lowest BCUT2D eigenvalue weighted by molar-refractivity contribution is 0.103. The maximum atomic E-state index is 11.9. The molecule has 0 saturated heterocycles. The van der Waals surface area contributed by atoms with E-state index in [1.165, 1.54) is 11.3 Å². The predicted molar refractivity (Wildman–Crippen MR) is 57.1 cm³/mol. The van der Waals surface area contributed by atoms with Crippen LogP contribution in [-0.4, -0.2) is 12.9 Å². The van der Waals surface area contributed by atoms with Crippen LogP contribution in [0, 0.1) is 0 Å². The van der Waals surface area contributed by atoms with Gasteiger partial charge in [0.15, 0.2) is 5.78 Å². The summed E-state index contributed by atoms with van der Waals surface area (Å²) in [7, 11) is 1.62. The molecule has 0 unspecified atom stereocenters. The normalized spacial score (nSPS) is 15.4. The molecule has 0 saturated carbocycles. The van der Waals surface area contributed by atoms with Crippen LogP contribution in [0.3, 0.4) is 0 Å². The van der Waals surface area contributed by atoms with Gasteiger partial charge in [0.1, 0.15) is 5.75 Å². The maximum absolute atomic E-state index is 11.9. The van der Waals surface area contributed by atoms with Crippen molar-refractivity contribution in [3.8, 4) is 5.75 Å². The molecule has 0 atom stereocenters. The molecule has 1 aromatic heterocycles. The Balaban J connectivity index is 2.18. The standard InChI is InChI=1S/C11H12O2S/c1-13-9-6-10(14-7-9)11(12)8-4-2-3-5-8/h4,6-7H,2-3,5H2,1H3. The van der Waals surface area contributed by atoms with Crippen LogP contribution in [0.25, 0.3) is 0 Å². The van der Waals surface area contributed by atoms with E-state index >= 15 is 0 Å². The SMILES string of the molecule is COc1csc(C(=O)C2=CCCC2)c1. The molecule has 0 N–H and O–H groups in total. The lowest BCUT2D eigenvalue weighted by Gasteiger charge is -1.96. The number of methoxy groups -OCH3 is 1. The van der Waals surface area contributed by atoms with E-state index in [-0.39, 0.29) is 5.78 Å². The van der Waals surface area contributed by atoms with Gasteiger partial charge in [0.05, 0.1) is 12.0 Å². The third-order valence-electron chi connectivity index (χ3n) is 2.37. The Bertz CT molecular complexity index is 376. The largest absolute Gasteiger partial charge is 0.496 e. The van der Waals surface area contributed by atoms with Crippen molar-refractivity contribution in [1.82, 2.24) is 0 Å². The first-order valence-corrected chi connectivity index (χ1v) is 5.55. The molecule has 14 heavy (non-hydrogen) atoms. The van der Waals surface area contributed by atoms with Gasteiger partial charge in [-0.15, -0.1) is 11.3 Å². The zero-order valence-corrected chi connectivity index (χ0v) is 8.89. The van der Waals surface area contributed by atoms with Crippen LogP contribution in [0.4, 0.5) is 0 Å². The lowest BCUT2D eigenvalue weighted by Crippen LogP contribution is -1.98. The van der Waals surface area contributed by atoms with Gasteiger partial charge in [-0.3, -0.25) is 4.79 Å². The number of carbonyl (C=O) groups is 1. The molecule has 1 heterocycles. The Labute approximate surface area is 87.2 Å². The molecule has 3 heteroatoms. The average molecular weight is 208 g/mol. The Kier molecular flexibility index (Phi) is 2.68. The molecule has 0 amide bonds. The second kappa shape index (κ2) is 3.96. The minimum Gasteiger partial charge on any atom is -0.496 e. The number of Topliss-reactive ketones (excluding diaryl/α,β-unsaturated/α-hetero) is 1. The summed E-state index contributed by atoms with van der Waals surface area (Å²) in [5.74, 6) is 0.952. The fourth-order valence-electron chi connectivity index (χ4n) is 1.58. The van der Waals surface area contributed by atoms with Crippen molar-refractivity contribution >= 4 is 17.1 Å². The molecular weight excluding hydrogens is 196 g/mol. The van der Waals surface area contributed by atoms with Gasteiger partial charge in [-0.2, -0.15) is 0 Å². The summed E-state index contributed by atoms with van der Waals surface area (Å²) < 4.78 is 5.05. The quantitative estimate of drug-likeness (QED) is 0.714. The highest BCUT2D eigenvalue weighted by Crippen LogP contribution is 2.27. The Morgan fingerprint density at radius 1 is 1.57 bits per heavy atom. The average Bonchev–Trinajstić information content (AvgIpc) is 2.88. The van der Waals surface area contributed by atoms with E-state index in [4.69, 9.17) is 4.74 Å². The van der Waals surface area contributed by atoms with Crippen molar-refractivity contribution in [2.24, 2.45) is 0 Å². The fourth-order valence-corrected chi connectivity index (χ4v) is 2.41. The van der Waals surface area contributed by atoms with Crippen molar-refractivity contribution in [2.45, 2.75) is 19.3 Å². The van der Waals surface area contributed by atoms with E-state index in [0.29, 0.717) is 0 Å². The van der Waals surface area contributed by atoms with Crippen LogP contribution in [0.5, 0.6) is 5.75 Å². The Morgan fingerprint density at radius 3 is 3.00 bits per heavy atom. The first kappa shape index (κ1) is 9.46. The van der Waals surface area contributed by atoms with Crippen LogP contribution in [0.1, 0.15) is 28.9 Å². The highest BCUT2D eigenvalue weighted by molar-refractivity contribution is 7.12. The van der Waals surface area contributed by atoms with Gasteiger partial charge in [0.25, 0.3) is 0 Å². The molecule has 0 aromatic carbocycles. The van der Waals surface area contributed by atoms with Crippen molar-refractivity contribution in [3.63, 3.8) is 0 Å². The van der Waals surface area contributed by atoms with Gasteiger partial charge in [0, 0.05) is 11.4 Å². The third kappa shape index (κ3) is 1.73. The minimum absolute atomic E-state index is 0.177. The van der Waals surface area contributed by atoms with Crippen molar-refractivity contribution in [3.05, 3.63) is 28.0 Å². The molecule has 0 fully saturated rings. The minimum atomic E-state index is 0.177. The monoisotopic (exact) mass is 208 g/mol. The summed E-state index contributed by atoms with van der Waals surface area (Å²) in [5, 5.41) is 1.86. The van der Waals surface area contributed by atoms with E-state index in [0.717, 1.165) is 35.5 Å². The number of ketones is 1. The van der Waals surface area contributed by atoms with Gasteiger partial charge < -0.3 is 4.74 Å². The first-order valence-electron chi connectivity index (χ1n) is 4.67. The van der Waals surface area contributed by atoms with Crippen molar-refractivity contribution in [2.75, 3.05) is 7.11 Å². The molecular formula is C11H12O2S. The zero-order chi connectivity index (χ0) is 9.97. The fraction of sp³-hybridized carbons (Fsp3) is 0.364. The number of ether oxygens (including phenoxy) is 1.